The molecule has 0 N–H and O–H groups in total. The lowest BCUT2D eigenvalue weighted by atomic mass is 9.63. The van der Waals surface area contributed by atoms with Crippen LogP contribution in [0.5, 0.6) is 5.75 Å². The van der Waals surface area contributed by atoms with Crippen LogP contribution >= 0.6 is 0 Å². The van der Waals surface area contributed by atoms with Crippen LogP contribution in [0.15, 0.2) is 12.1 Å². The fourth-order valence-corrected chi connectivity index (χ4v) is 1.92. The third kappa shape index (κ3) is 2.62. The van der Waals surface area contributed by atoms with Gasteiger partial charge in [0.15, 0.2) is 29.0 Å². The number of halogens is 7. The first kappa shape index (κ1) is 16.2. The molecule has 0 bridgehead atoms. The van der Waals surface area contributed by atoms with E-state index in [9.17, 15) is 30.7 Å². The van der Waals surface area contributed by atoms with Crippen molar-refractivity contribution in [1.82, 2.24) is 0 Å². The van der Waals surface area contributed by atoms with Gasteiger partial charge in [-0.1, -0.05) is 0 Å². The Morgan fingerprint density at radius 2 is 1.32 bits per heavy atom. The van der Waals surface area contributed by atoms with E-state index in [1.54, 1.807) is 0 Å². The van der Waals surface area contributed by atoms with E-state index in [0.29, 0.717) is 6.07 Å². The summed E-state index contributed by atoms with van der Waals surface area (Å²) in [6, 6.07) is 0.693. The summed E-state index contributed by atoms with van der Waals surface area (Å²) in [7, 11) is -0.294. The highest BCUT2D eigenvalue weighted by Crippen LogP contribution is 2.24. The molecule has 2 rings (SSSR count). The van der Waals surface area contributed by atoms with Gasteiger partial charge in [0.05, 0.1) is 7.11 Å². The standard InChI is InChI=1S/C13H6BF7O/c1-22-13-11(20)9(18)7(10(19)12(13)21)14-5-2-4(15)3-6(16)8(5)17/h2-3,14H,1H3. The normalized spacial score (nSPS) is 10.7. The summed E-state index contributed by atoms with van der Waals surface area (Å²) in [4.78, 5) is 0. The molecule has 0 aliphatic rings. The Morgan fingerprint density at radius 3 is 1.82 bits per heavy atom. The molecule has 0 saturated carbocycles. The molecule has 0 unspecified atom stereocenters. The number of methoxy groups -OCH3 is 1. The monoisotopic (exact) mass is 322 g/mol. The highest BCUT2D eigenvalue weighted by Gasteiger charge is 2.27. The molecular weight excluding hydrogens is 316 g/mol. The van der Waals surface area contributed by atoms with E-state index in [2.05, 4.69) is 4.74 Å². The minimum atomic E-state index is -1.83. The lowest BCUT2D eigenvalue weighted by Crippen LogP contribution is -2.36. The first-order valence-corrected chi connectivity index (χ1v) is 5.80. The second-order valence-corrected chi connectivity index (χ2v) is 4.31. The summed E-state index contributed by atoms with van der Waals surface area (Å²) in [5, 5.41) is 0. The van der Waals surface area contributed by atoms with Crippen molar-refractivity contribution in [3.8, 4) is 5.75 Å². The van der Waals surface area contributed by atoms with Gasteiger partial charge >= 0.3 is 0 Å². The third-order valence-electron chi connectivity index (χ3n) is 2.95. The van der Waals surface area contributed by atoms with Crippen LogP contribution in [-0.2, 0) is 0 Å². The first-order valence-electron chi connectivity index (χ1n) is 5.80. The summed E-state index contributed by atoms with van der Waals surface area (Å²) < 4.78 is 98.2. The Bertz CT molecular complexity index is 719. The van der Waals surface area contributed by atoms with Crippen molar-refractivity contribution in [3.05, 3.63) is 52.9 Å². The third-order valence-corrected chi connectivity index (χ3v) is 2.95. The predicted molar refractivity (Wildman–Crippen MR) is 65.6 cm³/mol. The van der Waals surface area contributed by atoms with E-state index in [0.717, 1.165) is 7.11 Å². The predicted octanol–water partition coefficient (Wildman–Crippen LogP) is 2.06. The minimum Gasteiger partial charge on any atom is -0.491 e. The fraction of sp³-hybridized carbons (Fsp3) is 0.0769. The van der Waals surface area contributed by atoms with Crippen molar-refractivity contribution in [2.45, 2.75) is 0 Å². The molecule has 0 amide bonds. The molecule has 0 atom stereocenters. The van der Waals surface area contributed by atoms with Crippen molar-refractivity contribution >= 4 is 18.2 Å². The molecule has 1 nitrogen and oxygen atoms in total. The van der Waals surface area contributed by atoms with Crippen LogP contribution in [0.25, 0.3) is 0 Å². The highest BCUT2D eigenvalue weighted by atomic mass is 19.2. The van der Waals surface area contributed by atoms with E-state index < -0.39 is 64.7 Å². The maximum Gasteiger partial charge on any atom is 0.204 e. The summed E-state index contributed by atoms with van der Waals surface area (Å²) >= 11 is 0. The average molecular weight is 322 g/mol. The zero-order chi connectivity index (χ0) is 16.6. The molecule has 0 heterocycles. The van der Waals surface area contributed by atoms with Crippen molar-refractivity contribution in [2.75, 3.05) is 7.11 Å². The number of benzene rings is 2. The molecule has 116 valence electrons. The van der Waals surface area contributed by atoms with Gasteiger partial charge in [-0.05, 0) is 17.0 Å². The second-order valence-electron chi connectivity index (χ2n) is 4.31. The van der Waals surface area contributed by atoms with Gasteiger partial charge in [0.2, 0.25) is 18.9 Å². The Hall–Kier alpha value is -2.19. The van der Waals surface area contributed by atoms with E-state index in [4.69, 9.17) is 0 Å². The fourth-order valence-electron chi connectivity index (χ4n) is 1.92. The van der Waals surface area contributed by atoms with E-state index in [-0.39, 0.29) is 6.07 Å². The van der Waals surface area contributed by atoms with Gasteiger partial charge in [0.1, 0.15) is 5.82 Å². The Labute approximate surface area is 120 Å². The SMILES string of the molecule is COc1c(F)c(F)c(Bc2cc(F)cc(F)c2F)c(F)c1F. The maximum atomic E-state index is 13.7. The number of hydrogen-bond acceptors (Lipinski definition) is 1. The molecular formula is C13H6BF7O. The molecule has 2 aromatic carbocycles. The molecule has 0 saturated heterocycles. The molecule has 0 aliphatic heterocycles. The quantitative estimate of drug-likeness (QED) is 0.478. The van der Waals surface area contributed by atoms with Gasteiger partial charge in [-0.3, -0.25) is 0 Å². The molecule has 9 heteroatoms. The van der Waals surface area contributed by atoms with E-state index >= 15 is 0 Å². The number of ether oxygens (including phenoxy) is 1. The van der Waals surface area contributed by atoms with Crippen molar-refractivity contribution in [1.29, 1.82) is 0 Å². The summed E-state index contributed by atoms with van der Waals surface area (Å²) in [5.74, 6) is -13.0. The van der Waals surface area contributed by atoms with Gasteiger partial charge in [-0.25, -0.2) is 22.0 Å². The van der Waals surface area contributed by atoms with Crippen LogP contribution < -0.4 is 15.7 Å². The Kier molecular flexibility index (Phi) is 4.34. The lowest BCUT2D eigenvalue weighted by Gasteiger charge is -2.11. The summed E-state index contributed by atoms with van der Waals surface area (Å²) in [6.45, 7) is 0. The van der Waals surface area contributed by atoms with Crippen LogP contribution in [0, 0.1) is 40.7 Å². The maximum absolute atomic E-state index is 13.7. The zero-order valence-corrected chi connectivity index (χ0v) is 10.9. The van der Waals surface area contributed by atoms with Crippen LogP contribution in [0.3, 0.4) is 0 Å². The van der Waals surface area contributed by atoms with Gasteiger partial charge in [-0.2, -0.15) is 8.78 Å². The summed E-state index contributed by atoms with van der Waals surface area (Å²) in [5.41, 5.74) is -2.00. The smallest absolute Gasteiger partial charge is 0.204 e. The van der Waals surface area contributed by atoms with Crippen molar-refractivity contribution in [3.63, 3.8) is 0 Å². The molecule has 0 fully saturated rings. The lowest BCUT2D eigenvalue weighted by molar-refractivity contribution is 0.335. The largest absolute Gasteiger partial charge is 0.491 e. The van der Waals surface area contributed by atoms with Gasteiger partial charge in [0.25, 0.3) is 0 Å². The van der Waals surface area contributed by atoms with Crippen LogP contribution in [0.1, 0.15) is 0 Å². The number of rotatable bonds is 3. The molecule has 0 spiro atoms. The molecule has 0 aromatic heterocycles. The zero-order valence-electron chi connectivity index (χ0n) is 10.9. The highest BCUT2D eigenvalue weighted by molar-refractivity contribution is 6.67. The minimum absolute atomic E-state index is 0.223. The molecule has 22 heavy (non-hydrogen) atoms. The van der Waals surface area contributed by atoms with Gasteiger partial charge < -0.3 is 4.74 Å². The van der Waals surface area contributed by atoms with Crippen molar-refractivity contribution in [2.24, 2.45) is 0 Å². The molecule has 0 aliphatic carbocycles. The van der Waals surface area contributed by atoms with Gasteiger partial charge in [-0.15, -0.1) is 0 Å². The van der Waals surface area contributed by atoms with Gasteiger partial charge in [0, 0.05) is 6.07 Å². The second kappa shape index (κ2) is 5.90. The van der Waals surface area contributed by atoms with Crippen LogP contribution in [-0.4, -0.2) is 14.4 Å². The Balaban J connectivity index is 2.61. The molecule has 0 radical (unpaired) electrons. The first-order chi connectivity index (χ1) is 10.3. The van der Waals surface area contributed by atoms with Crippen LogP contribution in [0.4, 0.5) is 30.7 Å². The topological polar surface area (TPSA) is 9.23 Å². The van der Waals surface area contributed by atoms with Crippen molar-refractivity contribution < 1.29 is 35.5 Å². The Morgan fingerprint density at radius 1 is 0.773 bits per heavy atom. The average Bonchev–Trinajstić information content (AvgIpc) is 2.47. The molecule has 2 aromatic rings. The number of hydrogen-bond donors (Lipinski definition) is 0. The summed E-state index contributed by atoms with van der Waals surface area (Å²) in [6.07, 6.45) is 0. The van der Waals surface area contributed by atoms with E-state index in [1.165, 1.54) is 0 Å². The van der Waals surface area contributed by atoms with E-state index in [1.807, 2.05) is 0 Å². The van der Waals surface area contributed by atoms with Crippen LogP contribution in [0.2, 0.25) is 0 Å².